The van der Waals surface area contributed by atoms with Gasteiger partial charge in [-0.05, 0) is 32.4 Å². The van der Waals surface area contributed by atoms with Crippen molar-refractivity contribution in [3.05, 3.63) is 15.5 Å². The Morgan fingerprint density at radius 3 is 2.88 bits per heavy atom. The van der Waals surface area contributed by atoms with E-state index in [9.17, 15) is 4.79 Å². The molecule has 17 heavy (non-hydrogen) atoms. The average molecular weight is 274 g/mol. The van der Waals surface area contributed by atoms with Crippen LogP contribution in [0.1, 0.15) is 22.5 Å². The minimum atomic E-state index is 0.0282. The quantitative estimate of drug-likeness (QED) is 0.914. The summed E-state index contributed by atoms with van der Waals surface area (Å²) < 4.78 is 0. The summed E-state index contributed by atoms with van der Waals surface area (Å²) in [7, 11) is 1.97. The van der Waals surface area contributed by atoms with E-state index < -0.39 is 0 Å². The second-order valence-corrected chi connectivity index (χ2v) is 5.48. The number of likely N-dealkylation sites (tertiary alicyclic amines) is 1. The molecule has 0 aromatic carbocycles. The maximum atomic E-state index is 12.1. The third-order valence-electron chi connectivity index (χ3n) is 3.11. The Kier molecular flexibility index (Phi) is 4.36. The molecule has 0 radical (unpaired) electrons. The summed E-state index contributed by atoms with van der Waals surface area (Å²) in [6.45, 7) is 2.67. The van der Waals surface area contributed by atoms with Crippen LogP contribution in [-0.4, -0.2) is 42.5 Å². The Bertz CT molecular complexity index is 388. The van der Waals surface area contributed by atoms with Gasteiger partial charge in [-0.1, -0.05) is 11.6 Å². The Labute approximate surface area is 110 Å². The van der Waals surface area contributed by atoms with Gasteiger partial charge in [-0.3, -0.25) is 4.79 Å². The highest BCUT2D eigenvalue weighted by atomic mass is 35.5. The monoisotopic (exact) mass is 273 g/mol. The minimum Gasteiger partial charge on any atom is -0.338 e. The Hall–Kier alpha value is -0.650. The lowest BCUT2D eigenvalue weighted by Crippen LogP contribution is -2.40. The van der Waals surface area contributed by atoms with Gasteiger partial charge in [-0.15, -0.1) is 11.3 Å². The summed E-state index contributed by atoms with van der Waals surface area (Å²) >= 11 is 7.19. The summed E-state index contributed by atoms with van der Waals surface area (Å²) in [5.41, 5.74) is 1.61. The first-order valence-electron chi connectivity index (χ1n) is 5.75. The van der Waals surface area contributed by atoms with E-state index in [1.54, 1.807) is 5.51 Å². The zero-order valence-electron chi connectivity index (χ0n) is 9.78. The van der Waals surface area contributed by atoms with E-state index in [0.29, 0.717) is 15.9 Å². The average Bonchev–Trinajstić information content (AvgIpc) is 2.76. The number of piperidine rings is 1. The van der Waals surface area contributed by atoms with Crippen LogP contribution in [0.25, 0.3) is 0 Å². The van der Waals surface area contributed by atoms with Gasteiger partial charge in [0, 0.05) is 13.1 Å². The molecule has 0 bridgehead atoms. The lowest BCUT2D eigenvalue weighted by molar-refractivity contribution is 0.0696. The second kappa shape index (κ2) is 5.80. The van der Waals surface area contributed by atoms with Crippen LogP contribution in [0.2, 0.25) is 5.15 Å². The molecule has 1 fully saturated rings. The van der Waals surface area contributed by atoms with Gasteiger partial charge in [0.1, 0.15) is 4.88 Å². The number of amides is 1. The molecule has 0 atom stereocenters. The number of hydrogen-bond donors (Lipinski definition) is 1. The number of nitrogens with zero attached hydrogens (tertiary/aromatic N) is 2. The molecular formula is C11H16ClN3OS. The molecule has 2 heterocycles. The van der Waals surface area contributed by atoms with Gasteiger partial charge in [0.25, 0.3) is 5.91 Å². The van der Waals surface area contributed by atoms with Crippen molar-refractivity contribution < 1.29 is 4.79 Å². The fraction of sp³-hybridized carbons (Fsp3) is 0.636. The van der Waals surface area contributed by atoms with E-state index in [0.717, 1.165) is 32.5 Å². The third kappa shape index (κ3) is 2.97. The molecule has 1 aliphatic heterocycles. The van der Waals surface area contributed by atoms with Crippen molar-refractivity contribution in [2.75, 3.05) is 26.7 Å². The summed E-state index contributed by atoms with van der Waals surface area (Å²) in [5, 5.41) is 3.52. The Morgan fingerprint density at radius 1 is 1.65 bits per heavy atom. The third-order valence-corrected chi connectivity index (χ3v) is 4.33. The first-order valence-corrected chi connectivity index (χ1v) is 7.01. The van der Waals surface area contributed by atoms with Gasteiger partial charge in [0.05, 0.1) is 5.51 Å². The van der Waals surface area contributed by atoms with Crippen molar-refractivity contribution >= 4 is 28.8 Å². The molecule has 94 valence electrons. The standard InChI is InChI=1S/C11H16ClN3OS/c1-13-6-8-2-4-15(5-3-8)11(16)9-10(12)14-7-17-9/h7-8,13H,2-6H2,1H3. The van der Waals surface area contributed by atoms with Gasteiger partial charge in [0.2, 0.25) is 0 Å². The van der Waals surface area contributed by atoms with Crippen LogP contribution in [0, 0.1) is 5.92 Å². The van der Waals surface area contributed by atoms with Crippen LogP contribution in [0.3, 0.4) is 0 Å². The molecule has 6 heteroatoms. The summed E-state index contributed by atoms with van der Waals surface area (Å²) in [5.74, 6) is 0.710. The zero-order chi connectivity index (χ0) is 12.3. The van der Waals surface area contributed by atoms with E-state index in [2.05, 4.69) is 10.3 Å². The van der Waals surface area contributed by atoms with Crippen LogP contribution in [0.5, 0.6) is 0 Å². The van der Waals surface area contributed by atoms with Crippen LogP contribution in [-0.2, 0) is 0 Å². The number of carbonyl (C=O) groups is 1. The number of hydrogen-bond acceptors (Lipinski definition) is 4. The van der Waals surface area contributed by atoms with Gasteiger partial charge >= 0.3 is 0 Å². The molecule has 0 aliphatic carbocycles. The molecule has 2 rings (SSSR count). The first-order chi connectivity index (χ1) is 8.22. The number of halogens is 1. The van der Waals surface area contributed by atoms with Crippen molar-refractivity contribution in [3.8, 4) is 0 Å². The highest BCUT2D eigenvalue weighted by molar-refractivity contribution is 7.12. The van der Waals surface area contributed by atoms with Crippen LogP contribution >= 0.6 is 22.9 Å². The van der Waals surface area contributed by atoms with Crippen molar-refractivity contribution in [1.82, 2.24) is 15.2 Å². The van der Waals surface area contributed by atoms with Gasteiger partial charge in [-0.25, -0.2) is 4.98 Å². The maximum Gasteiger partial charge on any atom is 0.267 e. The fourth-order valence-corrected chi connectivity index (χ4v) is 3.11. The zero-order valence-corrected chi connectivity index (χ0v) is 11.4. The van der Waals surface area contributed by atoms with Crippen LogP contribution < -0.4 is 5.32 Å². The van der Waals surface area contributed by atoms with Crippen molar-refractivity contribution in [3.63, 3.8) is 0 Å². The van der Waals surface area contributed by atoms with E-state index in [4.69, 9.17) is 11.6 Å². The molecule has 1 aromatic rings. The number of carbonyl (C=O) groups excluding carboxylic acids is 1. The highest BCUT2D eigenvalue weighted by Gasteiger charge is 2.25. The smallest absolute Gasteiger partial charge is 0.267 e. The van der Waals surface area contributed by atoms with Gasteiger partial charge < -0.3 is 10.2 Å². The van der Waals surface area contributed by atoms with Crippen molar-refractivity contribution in [2.24, 2.45) is 5.92 Å². The molecule has 0 unspecified atom stereocenters. The molecular weight excluding hydrogens is 258 g/mol. The Balaban J connectivity index is 1.93. The molecule has 1 saturated heterocycles. The van der Waals surface area contributed by atoms with E-state index in [1.807, 2.05) is 11.9 Å². The summed E-state index contributed by atoms with van der Waals surface area (Å²) in [6, 6.07) is 0. The molecule has 0 saturated carbocycles. The van der Waals surface area contributed by atoms with E-state index in [-0.39, 0.29) is 5.91 Å². The molecule has 4 nitrogen and oxygen atoms in total. The number of thiazole rings is 1. The molecule has 1 N–H and O–H groups in total. The maximum absolute atomic E-state index is 12.1. The fourth-order valence-electron chi connectivity index (χ4n) is 2.14. The molecule has 1 amide bonds. The van der Waals surface area contributed by atoms with Crippen molar-refractivity contribution in [2.45, 2.75) is 12.8 Å². The number of rotatable bonds is 3. The summed E-state index contributed by atoms with van der Waals surface area (Å²) in [4.78, 5) is 18.5. The molecule has 0 spiro atoms. The summed E-state index contributed by atoms with van der Waals surface area (Å²) in [6.07, 6.45) is 2.12. The topological polar surface area (TPSA) is 45.2 Å². The first kappa shape index (κ1) is 12.8. The lowest BCUT2D eigenvalue weighted by Gasteiger charge is -2.31. The van der Waals surface area contributed by atoms with Crippen LogP contribution in [0.4, 0.5) is 0 Å². The van der Waals surface area contributed by atoms with Gasteiger partial charge in [0.15, 0.2) is 5.15 Å². The van der Waals surface area contributed by atoms with E-state index >= 15 is 0 Å². The number of nitrogens with one attached hydrogen (secondary N) is 1. The predicted octanol–water partition coefficient (Wildman–Crippen LogP) is 1.87. The predicted molar refractivity (Wildman–Crippen MR) is 69.7 cm³/mol. The second-order valence-electron chi connectivity index (χ2n) is 4.27. The Morgan fingerprint density at radius 2 is 2.35 bits per heavy atom. The highest BCUT2D eigenvalue weighted by Crippen LogP contribution is 2.23. The van der Waals surface area contributed by atoms with Crippen LogP contribution in [0.15, 0.2) is 5.51 Å². The normalized spacial score (nSPS) is 17.4. The van der Waals surface area contributed by atoms with Gasteiger partial charge in [-0.2, -0.15) is 0 Å². The SMILES string of the molecule is CNCC1CCN(C(=O)c2scnc2Cl)CC1. The number of aromatic nitrogens is 1. The minimum absolute atomic E-state index is 0.0282. The molecule has 1 aliphatic rings. The van der Waals surface area contributed by atoms with E-state index in [1.165, 1.54) is 11.3 Å². The van der Waals surface area contributed by atoms with Crippen molar-refractivity contribution in [1.29, 1.82) is 0 Å². The largest absolute Gasteiger partial charge is 0.338 e. The molecule has 1 aromatic heterocycles. The lowest BCUT2D eigenvalue weighted by atomic mass is 9.97.